The molecule has 0 aliphatic carbocycles. The molecule has 2 heterocycles. The maximum absolute atomic E-state index is 5.47. The van der Waals surface area contributed by atoms with Gasteiger partial charge in [-0.1, -0.05) is 0 Å². The SMILES string of the molecule is CCn1cc(CNC(C)c2ncc(C)o2)cn1. The van der Waals surface area contributed by atoms with Crippen LogP contribution in [0.3, 0.4) is 0 Å². The van der Waals surface area contributed by atoms with Gasteiger partial charge in [0.15, 0.2) is 0 Å². The molecule has 0 aliphatic rings. The van der Waals surface area contributed by atoms with Gasteiger partial charge in [0.25, 0.3) is 0 Å². The Bertz CT molecular complexity index is 474. The quantitative estimate of drug-likeness (QED) is 0.860. The molecule has 0 amide bonds. The number of nitrogens with zero attached hydrogens (tertiary/aromatic N) is 3. The minimum atomic E-state index is 0.105. The van der Waals surface area contributed by atoms with Crippen molar-refractivity contribution in [2.24, 2.45) is 0 Å². The summed E-state index contributed by atoms with van der Waals surface area (Å²) in [6, 6.07) is 0.105. The zero-order chi connectivity index (χ0) is 12.3. The van der Waals surface area contributed by atoms with Crippen molar-refractivity contribution in [1.29, 1.82) is 0 Å². The molecule has 2 rings (SSSR count). The molecule has 92 valence electrons. The van der Waals surface area contributed by atoms with Crippen LogP contribution in [-0.2, 0) is 13.1 Å². The Morgan fingerprint density at radius 2 is 2.29 bits per heavy atom. The van der Waals surface area contributed by atoms with E-state index in [1.807, 2.05) is 30.9 Å². The summed E-state index contributed by atoms with van der Waals surface area (Å²) in [5, 5.41) is 7.58. The molecular formula is C12H18N4O. The molecule has 0 bridgehead atoms. The fraction of sp³-hybridized carbons (Fsp3) is 0.500. The van der Waals surface area contributed by atoms with Gasteiger partial charge >= 0.3 is 0 Å². The number of nitrogens with one attached hydrogen (secondary N) is 1. The third-order valence-electron chi connectivity index (χ3n) is 2.63. The van der Waals surface area contributed by atoms with Crippen LogP contribution >= 0.6 is 0 Å². The molecular weight excluding hydrogens is 216 g/mol. The van der Waals surface area contributed by atoms with Crippen molar-refractivity contribution < 1.29 is 4.42 Å². The molecule has 1 N–H and O–H groups in total. The fourth-order valence-electron chi connectivity index (χ4n) is 1.60. The zero-order valence-corrected chi connectivity index (χ0v) is 10.5. The minimum absolute atomic E-state index is 0.105. The van der Waals surface area contributed by atoms with E-state index < -0.39 is 0 Å². The van der Waals surface area contributed by atoms with Gasteiger partial charge in [-0.2, -0.15) is 5.10 Å². The number of rotatable bonds is 5. The topological polar surface area (TPSA) is 55.9 Å². The van der Waals surface area contributed by atoms with Gasteiger partial charge in [-0.25, -0.2) is 4.98 Å². The lowest BCUT2D eigenvalue weighted by atomic mass is 10.3. The van der Waals surface area contributed by atoms with Gasteiger partial charge in [0, 0.05) is 24.8 Å². The molecule has 1 unspecified atom stereocenters. The Morgan fingerprint density at radius 3 is 2.88 bits per heavy atom. The molecule has 2 aromatic rings. The zero-order valence-electron chi connectivity index (χ0n) is 10.5. The van der Waals surface area contributed by atoms with Gasteiger partial charge < -0.3 is 9.73 Å². The van der Waals surface area contributed by atoms with Crippen LogP contribution in [-0.4, -0.2) is 14.8 Å². The van der Waals surface area contributed by atoms with Crippen molar-refractivity contribution in [3.63, 3.8) is 0 Å². The van der Waals surface area contributed by atoms with E-state index in [1.165, 1.54) is 5.56 Å². The second-order valence-corrected chi connectivity index (χ2v) is 4.12. The highest BCUT2D eigenvalue weighted by Crippen LogP contribution is 2.12. The summed E-state index contributed by atoms with van der Waals surface area (Å²) in [4.78, 5) is 4.20. The van der Waals surface area contributed by atoms with Crippen molar-refractivity contribution in [3.8, 4) is 0 Å². The van der Waals surface area contributed by atoms with E-state index in [0.29, 0.717) is 0 Å². The van der Waals surface area contributed by atoms with Crippen molar-refractivity contribution in [1.82, 2.24) is 20.1 Å². The predicted octanol–water partition coefficient (Wildman–Crippen LogP) is 2.05. The van der Waals surface area contributed by atoms with Gasteiger partial charge in [-0.3, -0.25) is 4.68 Å². The first kappa shape index (κ1) is 11.9. The second kappa shape index (κ2) is 5.14. The third-order valence-corrected chi connectivity index (χ3v) is 2.63. The molecule has 0 saturated heterocycles. The molecule has 1 atom stereocenters. The van der Waals surface area contributed by atoms with Crippen LogP contribution < -0.4 is 5.32 Å². The molecule has 0 fully saturated rings. The first-order valence-corrected chi connectivity index (χ1v) is 5.86. The van der Waals surface area contributed by atoms with Crippen molar-refractivity contribution >= 4 is 0 Å². The largest absolute Gasteiger partial charge is 0.444 e. The smallest absolute Gasteiger partial charge is 0.211 e. The van der Waals surface area contributed by atoms with Crippen LogP contribution in [0, 0.1) is 6.92 Å². The van der Waals surface area contributed by atoms with Crippen molar-refractivity contribution in [2.45, 2.75) is 39.9 Å². The lowest BCUT2D eigenvalue weighted by Crippen LogP contribution is -2.18. The van der Waals surface area contributed by atoms with E-state index in [0.717, 1.165) is 24.7 Å². The molecule has 0 saturated carbocycles. The number of aromatic nitrogens is 3. The predicted molar refractivity (Wildman–Crippen MR) is 64.4 cm³/mol. The Kier molecular flexibility index (Phi) is 3.58. The Balaban J connectivity index is 1.89. The normalized spacial score (nSPS) is 12.9. The molecule has 5 nitrogen and oxygen atoms in total. The third kappa shape index (κ3) is 2.94. The first-order chi connectivity index (χ1) is 8.19. The van der Waals surface area contributed by atoms with Crippen LogP contribution in [0.15, 0.2) is 23.0 Å². The summed E-state index contributed by atoms with van der Waals surface area (Å²) >= 11 is 0. The summed E-state index contributed by atoms with van der Waals surface area (Å²) in [6.45, 7) is 7.67. The van der Waals surface area contributed by atoms with Gasteiger partial charge in [0.2, 0.25) is 5.89 Å². The molecule has 0 aromatic carbocycles. The van der Waals surface area contributed by atoms with Crippen LogP contribution in [0.5, 0.6) is 0 Å². The average molecular weight is 234 g/mol. The van der Waals surface area contributed by atoms with E-state index in [4.69, 9.17) is 4.42 Å². The van der Waals surface area contributed by atoms with Gasteiger partial charge in [-0.15, -0.1) is 0 Å². The lowest BCUT2D eigenvalue weighted by molar-refractivity contribution is 0.402. The van der Waals surface area contributed by atoms with Crippen LogP contribution in [0.25, 0.3) is 0 Å². The summed E-state index contributed by atoms with van der Waals surface area (Å²) in [5.74, 6) is 1.57. The number of aryl methyl sites for hydroxylation is 2. The van der Waals surface area contributed by atoms with Crippen LogP contribution in [0.1, 0.15) is 37.1 Å². The average Bonchev–Trinajstić information content (AvgIpc) is 2.94. The van der Waals surface area contributed by atoms with Crippen molar-refractivity contribution in [2.75, 3.05) is 0 Å². The molecule has 0 aliphatic heterocycles. The highest BCUT2D eigenvalue weighted by Gasteiger charge is 2.10. The Hall–Kier alpha value is -1.62. The molecule has 0 spiro atoms. The standard InChI is InChI=1S/C12H18N4O/c1-4-16-8-11(7-15-16)6-13-10(3)12-14-5-9(2)17-12/h5,7-8,10,13H,4,6H2,1-3H3. The van der Waals surface area contributed by atoms with Crippen molar-refractivity contribution in [3.05, 3.63) is 35.8 Å². The Labute approximate surface area is 101 Å². The van der Waals surface area contributed by atoms with Gasteiger partial charge in [0.1, 0.15) is 5.76 Å². The second-order valence-electron chi connectivity index (χ2n) is 4.12. The van der Waals surface area contributed by atoms with Gasteiger partial charge in [-0.05, 0) is 20.8 Å². The summed E-state index contributed by atoms with van der Waals surface area (Å²) in [5.41, 5.74) is 1.17. The molecule has 17 heavy (non-hydrogen) atoms. The van der Waals surface area contributed by atoms with Gasteiger partial charge in [0.05, 0.1) is 18.4 Å². The maximum atomic E-state index is 5.47. The van der Waals surface area contributed by atoms with E-state index in [9.17, 15) is 0 Å². The minimum Gasteiger partial charge on any atom is -0.444 e. The fourth-order valence-corrected chi connectivity index (χ4v) is 1.60. The molecule has 2 aromatic heterocycles. The number of hydrogen-bond acceptors (Lipinski definition) is 4. The summed E-state index contributed by atoms with van der Waals surface area (Å²) < 4.78 is 7.38. The first-order valence-electron chi connectivity index (χ1n) is 5.86. The number of oxazole rings is 1. The monoisotopic (exact) mass is 234 g/mol. The summed E-state index contributed by atoms with van der Waals surface area (Å²) in [7, 11) is 0. The van der Waals surface area contributed by atoms with Crippen LogP contribution in [0.4, 0.5) is 0 Å². The van der Waals surface area contributed by atoms with E-state index in [-0.39, 0.29) is 6.04 Å². The van der Waals surface area contributed by atoms with Crippen LogP contribution in [0.2, 0.25) is 0 Å². The molecule has 5 heteroatoms. The highest BCUT2D eigenvalue weighted by molar-refractivity contribution is 5.04. The Morgan fingerprint density at radius 1 is 1.47 bits per heavy atom. The van der Waals surface area contributed by atoms with E-state index in [2.05, 4.69) is 22.3 Å². The number of hydrogen-bond donors (Lipinski definition) is 1. The van der Waals surface area contributed by atoms with E-state index in [1.54, 1.807) is 6.20 Å². The molecule has 0 radical (unpaired) electrons. The lowest BCUT2D eigenvalue weighted by Gasteiger charge is -2.08. The highest BCUT2D eigenvalue weighted by atomic mass is 16.4. The summed E-state index contributed by atoms with van der Waals surface area (Å²) in [6.07, 6.45) is 5.66. The van der Waals surface area contributed by atoms with E-state index >= 15 is 0 Å². The maximum Gasteiger partial charge on any atom is 0.211 e.